The highest BCUT2D eigenvalue weighted by Gasteiger charge is 2.45. The number of hydrogen-bond donors (Lipinski definition) is 1. The number of carbonyl (C=O) groups is 1. The lowest BCUT2D eigenvalue weighted by atomic mass is 9.84. The molecule has 1 N–H and O–H groups in total. The van der Waals surface area contributed by atoms with Crippen LogP contribution in [0.3, 0.4) is 0 Å². The maximum absolute atomic E-state index is 13.1. The van der Waals surface area contributed by atoms with Gasteiger partial charge in [-0.1, -0.05) is 12.8 Å². The zero-order valence-corrected chi connectivity index (χ0v) is 14.2. The molecule has 1 aliphatic rings. The minimum atomic E-state index is -4.27. The van der Waals surface area contributed by atoms with E-state index in [0.29, 0.717) is 25.0 Å². The average Bonchev–Trinajstić information content (AvgIpc) is 3.03. The van der Waals surface area contributed by atoms with Crippen LogP contribution in [0.1, 0.15) is 31.4 Å². The number of pyridine rings is 1. The molecule has 0 aromatic carbocycles. The van der Waals surface area contributed by atoms with Crippen LogP contribution in [-0.4, -0.2) is 28.1 Å². The monoisotopic (exact) mass is 369 g/mol. The molecule has 1 amide bonds. The third-order valence-corrected chi connectivity index (χ3v) is 5.27. The van der Waals surface area contributed by atoms with Gasteiger partial charge >= 0.3 is 6.18 Å². The molecule has 134 valence electrons. The predicted molar refractivity (Wildman–Crippen MR) is 89.0 cm³/mol. The molecule has 0 radical (unpaired) electrons. The van der Waals surface area contributed by atoms with Crippen molar-refractivity contribution in [3.8, 4) is 10.6 Å². The van der Waals surface area contributed by atoms with Crippen molar-refractivity contribution in [1.82, 2.24) is 15.3 Å². The number of nitrogens with one attached hydrogen (secondary N) is 1. The molecule has 1 fully saturated rings. The largest absolute Gasteiger partial charge is 0.393 e. The van der Waals surface area contributed by atoms with Crippen molar-refractivity contribution in [3.05, 3.63) is 35.6 Å². The summed E-state index contributed by atoms with van der Waals surface area (Å²) in [4.78, 5) is 20.6. The van der Waals surface area contributed by atoms with Crippen LogP contribution in [0.15, 0.2) is 29.9 Å². The second-order valence-electron chi connectivity index (χ2n) is 6.17. The minimum Gasteiger partial charge on any atom is -0.352 e. The lowest BCUT2D eigenvalue weighted by molar-refractivity contribution is -0.189. The number of carbonyl (C=O) groups excluding carboxylic acids is 1. The van der Waals surface area contributed by atoms with Gasteiger partial charge in [-0.3, -0.25) is 9.78 Å². The van der Waals surface area contributed by atoms with E-state index in [1.165, 1.54) is 11.3 Å². The topological polar surface area (TPSA) is 54.9 Å². The number of hydrogen-bond acceptors (Lipinski definition) is 4. The van der Waals surface area contributed by atoms with Gasteiger partial charge in [0.2, 0.25) is 5.91 Å². The summed E-state index contributed by atoms with van der Waals surface area (Å²) in [5, 5.41) is 5.06. The van der Waals surface area contributed by atoms with Gasteiger partial charge in [-0.05, 0) is 25.0 Å². The first-order chi connectivity index (χ1) is 11.9. The number of nitrogens with zero attached hydrogens (tertiary/aromatic N) is 2. The van der Waals surface area contributed by atoms with Crippen molar-refractivity contribution in [3.63, 3.8) is 0 Å². The molecule has 25 heavy (non-hydrogen) atoms. The van der Waals surface area contributed by atoms with Gasteiger partial charge in [-0.25, -0.2) is 4.98 Å². The smallest absolute Gasteiger partial charge is 0.352 e. The fourth-order valence-corrected chi connectivity index (χ4v) is 3.94. The Morgan fingerprint density at radius 3 is 2.84 bits per heavy atom. The van der Waals surface area contributed by atoms with Crippen LogP contribution in [0.25, 0.3) is 10.6 Å². The number of aromatic nitrogens is 2. The molecule has 2 heterocycles. The zero-order chi connectivity index (χ0) is 17.9. The highest BCUT2D eigenvalue weighted by molar-refractivity contribution is 7.13. The molecule has 2 aromatic heterocycles. The second-order valence-corrected chi connectivity index (χ2v) is 7.03. The van der Waals surface area contributed by atoms with Gasteiger partial charge in [0, 0.05) is 29.4 Å². The maximum atomic E-state index is 13.1. The molecule has 3 rings (SSSR count). The van der Waals surface area contributed by atoms with Gasteiger partial charge in [0.15, 0.2) is 0 Å². The molecular weight excluding hydrogens is 351 g/mol. The number of alkyl halides is 3. The van der Waals surface area contributed by atoms with Crippen LogP contribution in [0.2, 0.25) is 0 Å². The summed E-state index contributed by atoms with van der Waals surface area (Å²) in [7, 11) is 0. The van der Waals surface area contributed by atoms with Crippen LogP contribution in [0, 0.1) is 5.92 Å². The van der Waals surface area contributed by atoms with Crippen molar-refractivity contribution in [2.45, 2.75) is 44.3 Å². The van der Waals surface area contributed by atoms with E-state index in [2.05, 4.69) is 15.3 Å². The summed E-state index contributed by atoms with van der Waals surface area (Å²) in [5.41, 5.74) is 1.41. The first kappa shape index (κ1) is 17.8. The molecular formula is C17H18F3N3OS. The van der Waals surface area contributed by atoms with E-state index in [1.54, 1.807) is 23.8 Å². The van der Waals surface area contributed by atoms with E-state index in [-0.39, 0.29) is 12.8 Å². The average molecular weight is 369 g/mol. The van der Waals surface area contributed by atoms with Gasteiger partial charge in [-0.2, -0.15) is 13.2 Å². The van der Waals surface area contributed by atoms with Crippen molar-refractivity contribution in [2.24, 2.45) is 5.92 Å². The Morgan fingerprint density at radius 1 is 1.32 bits per heavy atom. The normalized spacial score (nSPS) is 21.1. The van der Waals surface area contributed by atoms with Crippen LogP contribution >= 0.6 is 11.3 Å². The number of rotatable bonds is 4. The molecule has 4 nitrogen and oxygen atoms in total. The summed E-state index contributed by atoms with van der Waals surface area (Å²) in [6.07, 6.45) is 0.760. The fourth-order valence-electron chi connectivity index (χ4n) is 3.13. The number of thiazole rings is 1. The quantitative estimate of drug-likeness (QED) is 0.887. The highest BCUT2D eigenvalue weighted by atomic mass is 32.1. The molecule has 2 atom stereocenters. The van der Waals surface area contributed by atoms with Gasteiger partial charge in [0.05, 0.1) is 18.0 Å². The van der Waals surface area contributed by atoms with Crippen molar-refractivity contribution in [1.29, 1.82) is 0 Å². The Bertz CT molecular complexity index is 717. The van der Waals surface area contributed by atoms with Gasteiger partial charge in [0.25, 0.3) is 0 Å². The van der Waals surface area contributed by atoms with Gasteiger partial charge in [-0.15, -0.1) is 11.3 Å². The Kier molecular flexibility index (Phi) is 5.36. The summed E-state index contributed by atoms with van der Waals surface area (Å²) >= 11 is 1.38. The molecule has 0 bridgehead atoms. The summed E-state index contributed by atoms with van der Waals surface area (Å²) in [6, 6.07) is 2.83. The van der Waals surface area contributed by atoms with Crippen LogP contribution in [0.5, 0.6) is 0 Å². The van der Waals surface area contributed by atoms with Crippen molar-refractivity contribution < 1.29 is 18.0 Å². The van der Waals surface area contributed by atoms with E-state index in [9.17, 15) is 18.0 Å². The Labute approximate surface area is 147 Å². The molecule has 0 saturated heterocycles. The molecule has 2 unspecified atom stereocenters. The maximum Gasteiger partial charge on any atom is 0.393 e. The second kappa shape index (κ2) is 7.51. The SMILES string of the molecule is O=C(Cc1csc(-c2cccnc2)n1)NC1CCCCC1C(F)(F)F. The Morgan fingerprint density at radius 2 is 2.12 bits per heavy atom. The van der Waals surface area contributed by atoms with Gasteiger partial charge in [0.1, 0.15) is 5.01 Å². The van der Waals surface area contributed by atoms with Crippen LogP contribution in [0.4, 0.5) is 13.2 Å². The lowest BCUT2D eigenvalue weighted by Crippen LogP contribution is -2.48. The van der Waals surface area contributed by atoms with Crippen molar-refractivity contribution >= 4 is 17.2 Å². The lowest BCUT2D eigenvalue weighted by Gasteiger charge is -2.33. The summed E-state index contributed by atoms with van der Waals surface area (Å²) in [6.45, 7) is 0. The fraction of sp³-hybridized carbons (Fsp3) is 0.471. The highest BCUT2D eigenvalue weighted by Crippen LogP contribution is 2.37. The number of amides is 1. The minimum absolute atomic E-state index is 0.0160. The van der Waals surface area contributed by atoms with Crippen LogP contribution in [-0.2, 0) is 11.2 Å². The summed E-state index contributed by atoms with van der Waals surface area (Å²) in [5.74, 6) is -1.87. The Hall–Kier alpha value is -1.96. The molecule has 1 saturated carbocycles. The van der Waals surface area contributed by atoms with Crippen LogP contribution < -0.4 is 5.32 Å². The summed E-state index contributed by atoms with van der Waals surface area (Å²) < 4.78 is 39.3. The first-order valence-corrected chi connectivity index (χ1v) is 9.02. The zero-order valence-electron chi connectivity index (χ0n) is 13.4. The molecule has 8 heteroatoms. The van der Waals surface area contributed by atoms with E-state index in [4.69, 9.17) is 0 Å². The first-order valence-electron chi connectivity index (χ1n) is 8.14. The number of halogens is 3. The Balaban J connectivity index is 1.62. The standard InChI is InChI=1S/C17H18F3N3OS/c18-17(19,20)13-5-1-2-6-14(13)23-15(24)8-12-10-25-16(22-12)11-4-3-7-21-9-11/h3-4,7,9-10,13-14H,1-2,5-6,8H2,(H,23,24). The third kappa shape index (κ3) is 4.56. The van der Waals surface area contributed by atoms with E-state index >= 15 is 0 Å². The molecule has 0 spiro atoms. The van der Waals surface area contributed by atoms with Crippen molar-refractivity contribution in [2.75, 3.05) is 0 Å². The predicted octanol–water partition coefficient (Wildman–Crippen LogP) is 3.98. The molecule has 0 aliphatic heterocycles. The van der Waals surface area contributed by atoms with Gasteiger partial charge < -0.3 is 5.32 Å². The molecule has 2 aromatic rings. The molecule has 1 aliphatic carbocycles. The van der Waals surface area contributed by atoms with E-state index in [1.807, 2.05) is 6.07 Å². The van der Waals surface area contributed by atoms with E-state index in [0.717, 1.165) is 10.6 Å². The third-order valence-electron chi connectivity index (χ3n) is 4.33. The van der Waals surface area contributed by atoms with E-state index < -0.39 is 24.0 Å².